The molecule has 1 aromatic carbocycles. The van der Waals surface area contributed by atoms with E-state index < -0.39 is 5.97 Å². The fourth-order valence-electron chi connectivity index (χ4n) is 5.53. The fraction of sp³-hybridized carbons (Fsp3) is 0.355. The van der Waals surface area contributed by atoms with Crippen molar-refractivity contribution in [3.05, 3.63) is 82.0 Å². The molecule has 0 spiro atoms. The Morgan fingerprint density at radius 2 is 1.80 bits per heavy atom. The van der Waals surface area contributed by atoms with E-state index in [1.165, 1.54) is 16.6 Å². The topological polar surface area (TPSA) is 100 Å². The molecule has 40 heavy (non-hydrogen) atoms. The smallest absolute Gasteiger partial charge is 0.339 e. The molecule has 2 N–H and O–H groups in total. The van der Waals surface area contributed by atoms with Crippen LogP contribution < -0.4 is 5.32 Å². The lowest BCUT2D eigenvalue weighted by Gasteiger charge is -2.32. The van der Waals surface area contributed by atoms with E-state index in [9.17, 15) is 14.7 Å². The van der Waals surface area contributed by atoms with Gasteiger partial charge in [-0.25, -0.2) is 14.5 Å². The highest BCUT2D eigenvalue weighted by Crippen LogP contribution is 2.35. The Bertz CT molecular complexity index is 1550. The number of anilines is 1. The molecule has 0 atom stereocenters. The summed E-state index contributed by atoms with van der Waals surface area (Å²) < 4.78 is 1.57. The highest BCUT2D eigenvalue weighted by molar-refractivity contribution is 7.15. The molecule has 1 saturated heterocycles. The van der Waals surface area contributed by atoms with Crippen molar-refractivity contribution in [3.8, 4) is 16.4 Å². The molecule has 206 valence electrons. The summed E-state index contributed by atoms with van der Waals surface area (Å²) in [4.78, 5) is 33.0. The number of carboxylic acid groups (broad SMARTS) is 1. The summed E-state index contributed by atoms with van der Waals surface area (Å²) in [5.41, 5.74) is 5.12. The van der Waals surface area contributed by atoms with Crippen molar-refractivity contribution in [2.24, 2.45) is 5.92 Å². The number of aromatic carboxylic acids is 1. The van der Waals surface area contributed by atoms with Crippen LogP contribution >= 0.6 is 11.3 Å². The predicted octanol–water partition coefficient (Wildman–Crippen LogP) is 6.04. The zero-order valence-electron chi connectivity index (χ0n) is 22.8. The summed E-state index contributed by atoms with van der Waals surface area (Å²) in [6.45, 7) is 6.24. The van der Waals surface area contributed by atoms with Gasteiger partial charge in [-0.05, 0) is 86.9 Å². The molecule has 0 radical (unpaired) electrons. The number of aryl methyl sites for hydroxylation is 1. The van der Waals surface area contributed by atoms with Crippen LogP contribution in [0.3, 0.4) is 0 Å². The largest absolute Gasteiger partial charge is 0.478 e. The number of pyridine rings is 1. The minimum absolute atomic E-state index is 0.171. The van der Waals surface area contributed by atoms with Gasteiger partial charge in [0.05, 0.1) is 22.5 Å². The van der Waals surface area contributed by atoms with Gasteiger partial charge < -0.3 is 15.3 Å². The molecule has 1 amide bonds. The molecule has 3 aromatic heterocycles. The maximum Gasteiger partial charge on any atom is 0.339 e. The van der Waals surface area contributed by atoms with Gasteiger partial charge >= 0.3 is 5.97 Å². The number of carboxylic acids is 1. The van der Waals surface area contributed by atoms with Crippen LogP contribution in [0, 0.1) is 19.8 Å². The number of aromatic nitrogens is 3. The van der Waals surface area contributed by atoms with Crippen molar-refractivity contribution in [1.29, 1.82) is 0 Å². The maximum atomic E-state index is 12.4. The Balaban J connectivity index is 1.12. The van der Waals surface area contributed by atoms with Crippen molar-refractivity contribution < 1.29 is 14.7 Å². The lowest BCUT2D eigenvalue weighted by molar-refractivity contribution is -0.133. The number of carbonyl (C=O) groups is 2. The Morgan fingerprint density at radius 3 is 2.48 bits per heavy atom. The van der Waals surface area contributed by atoms with E-state index in [2.05, 4.69) is 52.6 Å². The SMILES string of the molecule is Cc1cc(CNc2ccc(C3CCN(C(=O)C4CC4)CC3)cc2)c(-c2cccc(-n3ncc(C(=O)O)c3C)n2)s1. The van der Waals surface area contributed by atoms with E-state index in [-0.39, 0.29) is 5.56 Å². The van der Waals surface area contributed by atoms with E-state index in [0.717, 1.165) is 60.6 Å². The monoisotopic (exact) mass is 555 g/mol. The Kier molecular flexibility index (Phi) is 7.14. The molecule has 2 fully saturated rings. The summed E-state index contributed by atoms with van der Waals surface area (Å²) in [6.07, 6.45) is 5.57. The molecule has 1 aliphatic carbocycles. The minimum atomic E-state index is -0.999. The quantitative estimate of drug-likeness (QED) is 0.275. The van der Waals surface area contributed by atoms with Gasteiger partial charge in [0.15, 0.2) is 5.82 Å². The number of rotatable bonds is 8. The van der Waals surface area contributed by atoms with Gasteiger partial charge in [0, 0.05) is 36.1 Å². The normalized spacial score (nSPS) is 15.8. The van der Waals surface area contributed by atoms with Gasteiger partial charge in [-0.1, -0.05) is 18.2 Å². The Labute approximate surface area is 237 Å². The first-order valence-corrected chi connectivity index (χ1v) is 14.7. The summed E-state index contributed by atoms with van der Waals surface area (Å²) in [7, 11) is 0. The third-order valence-electron chi connectivity index (χ3n) is 7.95. The second kappa shape index (κ2) is 10.9. The molecule has 8 nitrogen and oxygen atoms in total. The zero-order chi connectivity index (χ0) is 27.8. The number of piperidine rings is 1. The molecule has 0 bridgehead atoms. The predicted molar refractivity (Wildman–Crippen MR) is 156 cm³/mol. The Morgan fingerprint density at radius 1 is 1.05 bits per heavy atom. The molecule has 1 saturated carbocycles. The lowest BCUT2D eigenvalue weighted by Crippen LogP contribution is -2.38. The van der Waals surface area contributed by atoms with Crippen molar-refractivity contribution in [1.82, 2.24) is 19.7 Å². The molecule has 2 aliphatic rings. The number of nitrogens with zero attached hydrogens (tertiary/aromatic N) is 4. The van der Waals surface area contributed by atoms with E-state index >= 15 is 0 Å². The molecule has 6 rings (SSSR count). The van der Waals surface area contributed by atoms with Crippen molar-refractivity contribution in [2.45, 2.75) is 52.0 Å². The first-order chi connectivity index (χ1) is 19.4. The summed E-state index contributed by atoms with van der Waals surface area (Å²) in [5.74, 6) is 0.770. The van der Waals surface area contributed by atoms with Crippen LogP contribution in [0.25, 0.3) is 16.4 Å². The zero-order valence-corrected chi connectivity index (χ0v) is 23.6. The van der Waals surface area contributed by atoms with E-state index in [1.807, 2.05) is 18.2 Å². The number of thiophene rings is 1. The lowest BCUT2D eigenvalue weighted by atomic mass is 9.89. The molecular weight excluding hydrogens is 522 g/mol. The molecule has 4 heterocycles. The van der Waals surface area contributed by atoms with Crippen LogP contribution in [-0.4, -0.2) is 49.7 Å². The van der Waals surface area contributed by atoms with Gasteiger partial charge in [0.2, 0.25) is 5.91 Å². The summed E-state index contributed by atoms with van der Waals surface area (Å²) >= 11 is 1.70. The van der Waals surface area contributed by atoms with E-state index in [0.29, 0.717) is 35.8 Å². The van der Waals surface area contributed by atoms with Gasteiger partial charge in [-0.15, -0.1) is 11.3 Å². The average Bonchev–Trinajstić information content (AvgIpc) is 3.65. The van der Waals surface area contributed by atoms with Gasteiger partial charge in [-0.3, -0.25) is 4.79 Å². The molecule has 9 heteroatoms. The third-order valence-corrected chi connectivity index (χ3v) is 9.07. The number of nitrogens with one attached hydrogen (secondary N) is 1. The average molecular weight is 556 g/mol. The number of hydrogen-bond donors (Lipinski definition) is 2. The Hall–Kier alpha value is -3.98. The first-order valence-electron chi connectivity index (χ1n) is 13.8. The van der Waals surface area contributed by atoms with Gasteiger partial charge in [0.1, 0.15) is 5.56 Å². The molecule has 4 aromatic rings. The molecular formula is C31H33N5O3S. The van der Waals surface area contributed by atoms with Gasteiger partial charge in [0.25, 0.3) is 0 Å². The summed E-state index contributed by atoms with van der Waals surface area (Å²) in [5, 5.41) is 17.2. The highest BCUT2D eigenvalue weighted by atomic mass is 32.1. The third kappa shape index (κ3) is 5.38. The van der Waals surface area contributed by atoms with Crippen molar-refractivity contribution in [2.75, 3.05) is 18.4 Å². The van der Waals surface area contributed by atoms with E-state index in [1.54, 1.807) is 22.9 Å². The van der Waals surface area contributed by atoms with Crippen molar-refractivity contribution in [3.63, 3.8) is 0 Å². The second-order valence-corrected chi connectivity index (χ2v) is 12.1. The number of carbonyl (C=O) groups excluding carboxylic acids is 1. The summed E-state index contributed by atoms with van der Waals surface area (Å²) in [6, 6.07) is 16.7. The van der Waals surface area contributed by atoms with Crippen LogP contribution in [0.2, 0.25) is 0 Å². The van der Waals surface area contributed by atoms with Crippen LogP contribution in [0.4, 0.5) is 5.69 Å². The maximum absolute atomic E-state index is 12.4. The van der Waals surface area contributed by atoms with Gasteiger partial charge in [-0.2, -0.15) is 5.10 Å². The number of amides is 1. The van der Waals surface area contributed by atoms with Crippen molar-refractivity contribution >= 4 is 28.9 Å². The number of benzene rings is 1. The molecule has 1 aliphatic heterocycles. The number of likely N-dealkylation sites (tertiary alicyclic amines) is 1. The van der Waals surface area contributed by atoms with E-state index in [4.69, 9.17) is 4.98 Å². The standard InChI is InChI=1S/C31H33N5O3S/c1-19-16-24(29(40-19)27-4-3-5-28(34-27)36-20(2)26(18-33-36)31(38)39)17-32-25-10-8-21(9-11-25)22-12-14-35(15-13-22)30(37)23-6-7-23/h3-5,8-11,16,18,22-23,32H,6-7,12-15,17H2,1-2H3,(H,38,39). The van der Waals surface area contributed by atoms with Crippen LogP contribution in [0.15, 0.2) is 54.7 Å². The van der Waals surface area contributed by atoms with Crippen LogP contribution in [0.1, 0.15) is 63.7 Å². The fourth-order valence-corrected chi connectivity index (χ4v) is 6.53. The van der Waals surface area contributed by atoms with Crippen LogP contribution in [0.5, 0.6) is 0 Å². The number of hydrogen-bond acceptors (Lipinski definition) is 6. The highest BCUT2D eigenvalue weighted by Gasteiger charge is 2.35. The molecule has 0 unspecified atom stereocenters. The first kappa shape index (κ1) is 26.3. The second-order valence-electron chi connectivity index (χ2n) is 10.8. The minimum Gasteiger partial charge on any atom is -0.478 e. The van der Waals surface area contributed by atoms with Crippen LogP contribution in [-0.2, 0) is 11.3 Å².